The van der Waals surface area contributed by atoms with Gasteiger partial charge in [0.05, 0.1) is 12.2 Å². The van der Waals surface area contributed by atoms with Crippen LogP contribution in [0.25, 0.3) is 0 Å². The van der Waals surface area contributed by atoms with Gasteiger partial charge in [-0.15, -0.1) is 0 Å². The van der Waals surface area contributed by atoms with E-state index in [1.807, 2.05) is 0 Å². The molecule has 3 N–H and O–H groups in total. The van der Waals surface area contributed by atoms with E-state index in [0.717, 1.165) is 30.8 Å². The molecule has 0 amide bonds. The standard InChI is InChI=1S/C16H25N3OS/c1-11(2)10-20-8-7-18-16-13(15(17)21)9-12-5-3-4-6-14(12)19-16/h9,11H,3-8,10H2,1-2H3,(H2,17,21)(H,18,19). The van der Waals surface area contributed by atoms with E-state index in [2.05, 4.69) is 25.2 Å². The number of rotatable bonds is 7. The second-order valence-corrected chi connectivity index (χ2v) is 6.40. The van der Waals surface area contributed by atoms with Gasteiger partial charge in [-0.25, -0.2) is 4.98 Å². The number of pyridine rings is 1. The molecule has 1 aromatic rings. The van der Waals surface area contributed by atoms with Gasteiger partial charge in [0.1, 0.15) is 10.8 Å². The third kappa shape index (κ3) is 4.64. The molecule has 0 unspecified atom stereocenters. The molecule has 1 aromatic heterocycles. The van der Waals surface area contributed by atoms with Gasteiger partial charge in [-0.2, -0.15) is 0 Å². The molecular weight excluding hydrogens is 282 g/mol. The number of hydrogen-bond donors (Lipinski definition) is 2. The van der Waals surface area contributed by atoms with E-state index in [-0.39, 0.29) is 0 Å². The fraction of sp³-hybridized carbons (Fsp3) is 0.625. The second-order valence-electron chi connectivity index (χ2n) is 5.96. The van der Waals surface area contributed by atoms with Crippen LogP contribution >= 0.6 is 12.2 Å². The number of ether oxygens (including phenoxy) is 1. The number of nitrogens with zero attached hydrogens (tertiary/aromatic N) is 1. The van der Waals surface area contributed by atoms with E-state index < -0.39 is 0 Å². The Morgan fingerprint density at radius 2 is 2.19 bits per heavy atom. The van der Waals surface area contributed by atoms with E-state index in [1.165, 1.54) is 24.1 Å². The predicted octanol–water partition coefficient (Wildman–Crippen LogP) is 2.68. The largest absolute Gasteiger partial charge is 0.389 e. The Morgan fingerprint density at radius 1 is 1.43 bits per heavy atom. The molecule has 0 radical (unpaired) electrons. The highest BCUT2D eigenvalue weighted by Crippen LogP contribution is 2.24. The van der Waals surface area contributed by atoms with Crippen LogP contribution < -0.4 is 11.1 Å². The lowest BCUT2D eigenvalue weighted by Gasteiger charge is -2.19. The molecule has 0 atom stereocenters. The van der Waals surface area contributed by atoms with Crippen molar-refractivity contribution in [3.05, 3.63) is 22.9 Å². The van der Waals surface area contributed by atoms with Crippen molar-refractivity contribution in [1.29, 1.82) is 0 Å². The summed E-state index contributed by atoms with van der Waals surface area (Å²) in [5.74, 6) is 1.36. The summed E-state index contributed by atoms with van der Waals surface area (Å²) in [5.41, 5.74) is 9.18. The van der Waals surface area contributed by atoms with E-state index >= 15 is 0 Å². The number of anilines is 1. The summed E-state index contributed by atoms with van der Waals surface area (Å²) in [4.78, 5) is 5.14. The van der Waals surface area contributed by atoms with Crippen LogP contribution in [0.15, 0.2) is 6.07 Å². The average Bonchev–Trinajstić information content (AvgIpc) is 2.45. The Balaban J connectivity index is 2.01. The maximum Gasteiger partial charge on any atom is 0.136 e. The lowest BCUT2D eigenvalue weighted by molar-refractivity contribution is 0.118. The SMILES string of the molecule is CC(C)COCCNc1nc2c(cc1C(N)=S)CCCC2. The molecule has 116 valence electrons. The maximum absolute atomic E-state index is 5.84. The predicted molar refractivity (Wildman–Crippen MR) is 90.9 cm³/mol. The van der Waals surface area contributed by atoms with E-state index in [9.17, 15) is 0 Å². The van der Waals surface area contributed by atoms with Gasteiger partial charge in [-0.05, 0) is 43.2 Å². The van der Waals surface area contributed by atoms with Crippen LogP contribution in [0.1, 0.15) is 43.5 Å². The first kappa shape index (κ1) is 16.2. The number of aryl methyl sites for hydroxylation is 2. The zero-order chi connectivity index (χ0) is 15.2. The third-order valence-electron chi connectivity index (χ3n) is 3.56. The van der Waals surface area contributed by atoms with Crippen LogP contribution in [0.3, 0.4) is 0 Å². The van der Waals surface area contributed by atoms with Gasteiger partial charge in [-0.3, -0.25) is 0 Å². The fourth-order valence-corrected chi connectivity index (χ4v) is 2.67. The summed E-state index contributed by atoms with van der Waals surface area (Å²) in [6.07, 6.45) is 4.56. The van der Waals surface area contributed by atoms with E-state index in [1.54, 1.807) is 0 Å². The van der Waals surface area contributed by atoms with Crippen LogP contribution in [0.2, 0.25) is 0 Å². The molecule has 0 saturated heterocycles. The van der Waals surface area contributed by atoms with Gasteiger partial charge in [0.25, 0.3) is 0 Å². The van der Waals surface area contributed by atoms with Gasteiger partial charge in [0, 0.05) is 18.8 Å². The van der Waals surface area contributed by atoms with Crippen LogP contribution in [-0.4, -0.2) is 29.7 Å². The Hall–Kier alpha value is -1.20. The Bertz CT molecular complexity index is 503. The minimum absolute atomic E-state index is 0.404. The molecule has 5 heteroatoms. The first-order valence-corrected chi connectivity index (χ1v) is 8.13. The Morgan fingerprint density at radius 3 is 2.90 bits per heavy atom. The number of thiocarbonyl (C=S) groups is 1. The summed E-state index contributed by atoms with van der Waals surface area (Å²) in [5, 5.41) is 3.31. The van der Waals surface area contributed by atoms with Crippen molar-refractivity contribution in [2.75, 3.05) is 25.1 Å². The topological polar surface area (TPSA) is 60.2 Å². The lowest BCUT2D eigenvalue weighted by Crippen LogP contribution is -2.20. The summed E-state index contributed by atoms with van der Waals surface area (Å²) in [7, 11) is 0. The molecule has 2 rings (SSSR count). The van der Waals surface area contributed by atoms with Gasteiger partial charge in [-0.1, -0.05) is 26.1 Å². The van der Waals surface area contributed by atoms with Crippen molar-refractivity contribution in [3.63, 3.8) is 0 Å². The first-order chi connectivity index (χ1) is 10.1. The smallest absolute Gasteiger partial charge is 0.136 e. The number of aromatic nitrogens is 1. The van der Waals surface area contributed by atoms with Gasteiger partial charge in [0.2, 0.25) is 0 Å². The third-order valence-corrected chi connectivity index (χ3v) is 3.78. The van der Waals surface area contributed by atoms with Crippen molar-refractivity contribution >= 4 is 23.0 Å². The average molecular weight is 307 g/mol. The minimum Gasteiger partial charge on any atom is -0.389 e. The first-order valence-electron chi connectivity index (χ1n) is 7.72. The van der Waals surface area contributed by atoms with Crippen LogP contribution in [0, 0.1) is 5.92 Å². The fourth-order valence-electron chi connectivity index (χ4n) is 2.52. The zero-order valence-corrected chi connectivity index (χ0v) is 13.8. The van der Waals surface area contributed by atoms with E-state index in [0.29, 0.717) is 24.1 Å². The monoisotopic (exact) mass is 307 g/mol. The number of fused-ring (bicyclic) bond motifs is 1. The zero-order valence-electron chi connectivity index (χ0n) is 12.9. The van der Waals surface area contributed by atoms with E-state index in [4.69, 9.17) is 27.7 Å². The van der Waals surface area contributed by atoms with Gasteiger partial charge < -0.3 is 15.8 Å². The highest BCUT2D eigenvalue weighted by Gasteiger charge is 2.16. The summed E-state index contributed by atoms with van der Waals surface area (Å²) >= 11 is 5.16. The van der Waals surface area contributed by atoms with Crippen LogP contribution in [0.5, 0.6) is 0 Å². The highest BCUT2D eigenvalue weighted by molar-refractivity contribution is 7.80. The highest BCUT2D eigenvalue weighted by atomic mass is 32.1. The minimum atomic E-state index is 0.404. The maximum atomic E-state index is 5.84. The van der Waals surface area contributed by atoms with Crippen LogP contribution in [0.4, 0.5) is 5.82 Å². The van der Waals surface area contributed by atoms with Crippen molar-refractivity contribution in [2.45, 2.75) is 39.5 Å². The molecule has 0 aromatic carbocycles. The van der Waals surface area contributed by atoms with Crippen molar-refractivity contribution < 1.29 is 4.74 Å². The molecule has 1 heterocycles. The molecule has 4 nitrogen and oxygen atoms in total. The molecule has 1 aliphatic carbocycles. The number of nitrogens with two attached hydrogens (primary N) is 1. The molecule has 21 heavy (non-hydrogen) atoms. The number of nitrogens with one attached hydrogen (secondary N) is 1. The lowest BCUT2D eigenvalue weighted by atomic mass is 9.94. The normalized spacial score (nSPS) is 14.0. The molecule has 0 aliphatic heterocycles. The van der Waals surface area contributed by atoms with Gasteiger partial charge >= 0.3 is 0 Å². The summed E-state index contributed by atoms with van der Waals surface area (Å²) < 4.78 is 5.58. The van der Waals surface area contributed by atoms with Crippen molar-refractivity contribution in [1.82, 2.24) is 4.98 Å². The molecule has 0 fully saturated rings. The van der Waals surface area contributed by atoms with Crippen molar-refractivity contribution in [3.8, 4) is 0 Å². The van der Waals surface area contributed by atoms with Crippen LogP contribution in [-0.2, 0) is 17.6 Å². The summed E-state index contributed by atoms with van der Waals surface area (Å²) in [6.45, 7) is 6.44. The molecule has 0 bridgehead atoms. The number of hydrogen-bond acceptors (Lipinski definition) is 4. The molecule has 0 spiro atoms. The molecular formula is C16H25N3OS. The Labute approximate surface area is 132 Å². The molecule has 1 aliphatic rings. The van der Waals surface area contributed by atoms with Crippen molar-refractivity contribution in [2.24, 2.45) is 11.7 Å². The summed E-state index contributed by atoms with van der Waals surface area (Å²) in [6, 6.07) is 2.11. The quantitative estimate of drug-likeness (QED) is 0.599. The van der Waals surface area contributed by atoms with Gasteiger partial charge in [0.15, 0.2) is 0 Å². The second kappa shape index (κ2) is 7.71. The Kier molecular flexibility index (Phi) is 5.94. The molecule has 0 saturated carbocycles.